The summed E-state index contributed by atoms with van der Waals surface area (Å²) in [5.41, 5.74) is 1.34. The van der Waals surface area contributed by atoms with Gasteiger partial charge in [0, 0.05) is 32.6 Å². The third-order valence-corrected chi connectivity index (χ3v) is 8.11. The van der Waals surface area contributed by atoms with Gasteiger partial charge in [0.1, 0.15) is 0 Å². The van der Waals surface area contributed by atoms with Crippen molar-refractivity contribution in [2.24, 2.45) is 0 Å². The predicted molar refractivity (Wildman–Crippen MR) is 125 cm³/mol. The Hall–Kier alpha value is -2.93. The first kappa shape index (κ1) is 22.8. The largest absolute Gasteiger partial charge is 0.454 e. The van der Waals surface area contributed by atoms with Gasteiger partial charge in [0.05, 0.1) is 28.3 Å². The van der Waals surface area contributed by atoms with Gasteiger partial charge in [0.15, 0.2) is 11.5 Å². The maximum atomic E-state index is 12.9. The van der Waals surface area contributed by atoms with Gasteiger partial charge in [-0.15, -0.1) is 0 Å². The molecule has 0 unspecified atom stereocenters. The summed E-state index contributed by atoms with van der Waals surface area (Å²) in [6.07, 6.45) is 0.197. The third-order valence-electron chi connectivity index (χ3n) is 5.77. The molecule has 5 rings (SSSR count). The molecule has 0 radical (unpaired) electrons. The van der Waals surface area contributed by atoms with Gasteiger partial charge in [-0.2, -0.15) is 0 Å². The monoisotopic (exact) mass is 505 g/mol. The maximum absolute atomic E-state index is 12.9. The molecule has 3 aromatic rings. The number of aryl methyl sites for hydroxylation is 1. The fourth-order valence-corrected chi connectivity index (χ4v) is 5.99. The number of benzene rings is 2. The molecular weight excluding hydrogens is 482 g/mol. The van der Waals surface area contributed by atoms with Crippen molar-refractivity contribution >= 4 is 37.5 Å². The highest BCUT2D eigenvalue weighted by atomic mass is 32.2. The van der Waals surface area contributed by atoms with Gasteiger partial charge in [0.25, 0.3) is 0 Å². The van der Waals surface area contributed by atoms with E-state index in [9.17, 15) is 18.0 Å². The van der Waals surface area contributed by atoms with Crippen molar-refractivity contribution in [2.75, 3.05) is 33.1 Å². The molecule has 34 heavy (non-hydrogen) atoms. The van der Waals surface area contributed by atoms with Crippen molar-refractivity contribution < 1.29 is 27.4 Å². The quantitative estimate of drug-likeness (QED) is 0.518. The van der Waals surface area contributed by atoms with Gasteiger partial charge < -0.3 is 19.1 Å². The number of morpholine rings is 1. The molecule has 3 heterocycles. The second-order valence-electron chi connectivity index (χ2n) is 7.90. The molecular formula is C22H23N3O7S2. The van der Waals surface area contributed by atoms with Crippen molar-refractivity contribution in [3.05, 3.63) is 51.6 Å². The van der Waals surface area contributed by atoms with Crippen molar-refractivity contribution in [2.45, 2.75) is 24.4 Å². The van der Waals surface area contributed by atoms with Crippen LogP contribution < -0.4 is 19.1 Å². The number of aromatic nitrogens is 1. The standard InChI is InChI=1S/C22H23N3O7S2/c26-21(24-7-9-30-10-8-24)5-6-25-17-3-2-16(12-20(17)33-22(25)27)34(28,29)23-13-15-1-4-18-19(11-15)32-14-31-18/h1-4,11-12,23H,5-10,13-14H2. The highest BCUT2D eigenvalue weighted by molar-refractivity contribution is 7.89. The zero-order valence-corrected chi connectivity index (χ0v) is 19.8. The molecule has 1 N–H and O–H groups in total. The van der Waals surface area contributed by atoms with Crippen LogP contribution in [0, 0.1) is 0 Å². The Morgan fingerprint density at radius 3 is 2.68 bits per heavy atom. The lowest BCUT2D eigenvalue weighted by Crippen LogP contribution is -2.41. The van der Waals surface area contributed by atoms with Gasteiger partial charge >= 0.3 is 4.87 Å². The minimum atomic E-state index is -3.81. The summed E-state index contributed by atoms with van der Waals surface area (Å²) in [5, 5.41) is 0. The van der Waals surface area contributed by atoms with E-state index in [1.807, 2.05) is 0 Å². The van der Waals surface area contributed by atoms with Gasteiger partial charge in [-0.1, -0.05) is 17.4 Å². The predicted octanol–water partition coefficient (Wildman–Crippen LogP) is 1.52. The minimum Gasteiger partial charge on any atom is -0.454 e. The van der Waals surface area contributed by atoms with Crippen LogP contribution >= 0.6 is 11.3 Å². The number of sulfonamides is 1. The van der Waals surface area contributed by atoms with Crippen LogP contribution in [-0.2, 0) is 32.6 Å². The number of thiazole rings is 1. The summed E-state index contributed by atoms with van der Waals surface area (Å²) in [4.78, 5) is 26.5. The highest BCUT2D eigenvalue weighted by Crippen LogP contribution is 2.32. The number of rotatable bonds is 7. The normalized spacial score (nSPS) is 15.7. The molecule has 1 amide bonds. The lowest BCUT2D eigenvalue weighted by atomic mass is 10.2. The highest BCUT2D eigenvalue weighted by Gasteiger charge is 2.20. The third kappa shape index (κ3) is 4.67. The Labute approximate surface area is 199 Å². The van der Waals surface area contributed by atoms with E-state index in [1.165, 1.54) is 16.7 Å². The molecule has 2 aromatic carbocycles. The number of amides is 1. The van der Waals surface area contributed by atoms with Gasteiger partial charge in [-0.25, -0.2) is 13.1 Å². The van der Waals surface area contributed by atoms with E-state index in [1.54, 1.807) is 29.2 Å². The van der Waals surface area contributed by atoms with Crippen LogP contribution in [0.4, 0.5) is 0 Å². The van der Waals surface area contributed by atoms with E-state index in [0.29, 0.717) is 48.0 Å². The van der Waals surface area contributed by atoms with Gasteiger partial charge in [-0.05, 0) is 35.9 Å². The van der Waals surface area contributed by atoms with Crippen LogP contribution in [0.5, 0.6) is 11.5 Å². The summed E-state index contributed by atoms with van der Waals surface area (Å²) < 4.78 is 46.2. The first-order valence-corrected chi connectivity index (χ1v) is 13.1. The van der Waals surface area contributed by atoms with Gasteiger partial charge in [-0.3, -0.25) is 14.2 Å². The van der Waals surface area contributed by atoms with E-state index in [4.69, 9.17) is 14.2 Å². The van der Waals surface area contributed by atoms with Crippen molar-refractivity contribution in [3.8, 4) is 11.5 Å². The molecule has 2 aliphatic heterocycles. The summed E-state index contributed by atoms with van der Waals surface area (Å²) in [7, 11) is -3.81. The van der Waals surface area contributed by atoms with Crippen LogP contribution in [0.1, 0.15) is 12.0 Å². The Morgan fingerprint density at radius 2 is 1.85 bits per heavy atom. The average molecular weight is 506 g/mol. The summed E-state index contributed by atoms with van der Waals surface area (Å²) in [6, 6.07) is 9.81. The molecule has 0 spiro atoms. The molecule has 0 saturated carbocycles. The van der Waals surface area contributed by atoms with E-state index >= 15 is 0 Å². The van der Waals surface area contributed by atoms with Crippen LogP contribution in [-0.4, -0.2) is 56.9 Å². The lowest BCUT2D eigenvalue weighted by Gasteiger charge is -2.26. The first-order chi connectivity index (χ1) is 16.4. The second kappa shape index (κ2) is 9.37. The van der Waals surface area contributed by atoms with E-state index in [-0.39, 0.29) is 42.0 Å². The Balaban J connectivity index is 1.28. The molecule has 180 valence electrons. The number of nitrogens with zero attached hydrogens (tertiary/aromatic N) is 2. The second-order valence-corrected chi connectivity index (χ2v) is 10.7. The van der Waals surface area contributed by atoms with E-state index < -0.39 is 10.0 Å². The van der Waals surface area contributed by atoms with Gasteiger partial charge in [0.2, 0.25) is 22.7 Å². The van der Waals surface area contributed by atoms with Crippen LogP contribution in [0.3, 0.4) is 0 Å². The fourth-order valence-electron chi connectivity index (χ4n) is 3.92. The zero-order valence-electron chi connectivity index (χ0n) is 18.2. The number of ether oxygens (including phenoxy) is 3. The zero-order chi connectivity index (χ0) is 23.7. The Kier molecular flexibility index (Phi) is 6.30. The van der Waals surface area contributed by atoms with E-state index in [0.717, 1.165) is 16.9 Å². The first-order valence-electron chi connectivity index (χ1n) is 10.8. The number of nitrogens with one attached hydrogen (secondary N) is 1. The number of hydrogen-bond donors (Lipinski definition) is 1. The minimum absolute atomic E-state index is 0.0264. The van der Waals surface area contributed by atoms with Crippen LogP contribution in [0.2, 0.25) is 0 Å². The van der Waals surface area contributed by atoms with Crippen molar-refractivity contribution in [3.63, 3.8) is 0 Å². The molecule has 1 saturated heterocycles. The molecule has 2 aliphatic rings. The van der Waals surface area contributed by atoms with E-state index in [2.05, 4.69) is 4.72 Å². The summed E-state index contributed by atoms with van der Waals surface area (Å²) in [6.45, 7) is 2.62. The number of fused-ring (bicyclic) bond motifs is 2. The summed E-state index contributed by atoms with van der Waals surface area (Å²) >= 11 is 0.964. The molecule has 0 bridgehead atoms. The Bertz CT molecular complexity index is 1390. The molecule has 12 heteroatoms. The molecule has 0 atom stereocenters. The number of carbonyl (C=O) groups is 1. The fraction of sp³-hybridized carbons (Fsp3) is 0.364. The molecule has 1 aromatic heterocycles. The molecule has 1 fully saturated rings. The SMILES string of the molecule is O=C(CCn1c(=O)sc2cc(S(=O)(=O)NCc3ccc4c(c3)OCO4)ccc21)N1CCOCC1. The average Bonchev–Trinajstić information content (AvgIpc) is 3.44. The number of hydrogen-bond acceptors (Lipinski definition) is 8. The topological polar surface area (TPSA) is 116 Å². The smallest absolute Gasteiger partial charge is 0.308 e. The Morgan fingerprint density at radius 1 is 1.06 bits per heavy atom. The van der Waals surface area contributed by atoms with Crippen LogP contribution in [0.15, 0.2) is 46.1 Å². The van der Waals surface area contributed by atoms with Crippen LogP contribution in [0.25, 0.3) is 10.2 Å². The van der Waals surface area contributed by atoms with Crippen molar-refractivity contribution in [1.82, 2.24) is 14.2 Å². The maximum Gasteiger partial charge on any atom is 0.308 e. The van der Waals surface area contributed by atoms with Crippen molar-refractivity contribution in [1.29, 1.82) is 0 Å². The molecule has 0 aliphatic carbocycles. The molecule has 10 nitrogen and oxygen atoms in total. The lowest BCUT2D eigenvalue weighted by molar-refractivity contribution is -0.135. The number of carbonyl (C=O) groups excluding carboxylic acids is 1. The summed E-state index contributed by atoms with van der Waals surface area (Å²) in [5.74, 6) is 1.18.